The van der Waals surface area contributed by atoms with Crippen LogP contribution in [-0.4, -0.2) is 17.1 Å². The third-order valence-corrected chi connectivity index (χ3v) is 4.53. The van der Waals surface area contributed by atoms with Crippen molar-refractivity contribution in [1.29, 1.82) is 5.26 Å². The molecule has 0 amide bonds. The molecule has 0 spiro atoms. The molecule has 4 nitrogen and oxygen atoms in total. The minimum absolute atomic E-state index is 0.00149. The maximum Gasteiger partial charge on any atom is 0.348 e. The van der Waals surface area contributed by atoms with E-state index < -0.39 is 5.97 Å². The molecule has 0 fully saturated rings. The Hall–Kier alpha value is -2.84. The van der Waals surface area contributed by atoms with E-state index in [0.717, 1.165) is 26.5 Å². The molecule has 0 saturated heterocycles. The Labute approximate surface area is 160 Å². The van der Waals surface area contributed by atoms with Crippen molar-refractivity contribution in [2.45, 2.75) is 13.5 Å². The smallest absolute Gasteiger partial charge is 0.348 e. The van der Waals surface area contributed by atoms with Crippen LogP contribution < -0.4 is 0 Å². The number of hydrogen-bond acceptors (Lipinski definition) is 3. The fourth-order valence-corrected chi connectivity index (χ4v) is 3.07. The van der Waals surface area contributed by atoms with Gasteiger partial charge < -0.3 is 9.30 Å². The van der Waals surface area contributed by atoms with Crippen molar-refractivity contribution in [3.63, 3.8) is 0 Å². The van der Waals surface area contributed by atoms with Crippen LogP contribution in [0.3, 0.4) is 0 Å². The van der Waals surface area contributed by atoms with Gasteiger partial charge in [-0.1, -0.05) is 46.3 Å². The third-order valence-electron chi connectivity index (χ3n) is 4.00. The van der Waals surface area contributed by atoms with Gasteiger partial charge in [-0.3, -0.25) is 0 Å². The molecule has 1 heterocycles. The molecule has 5 heteroatoms. The van der Waals surface area contributed by atoms with Crippen LogP contribution in [0.25, 0.3) is 17.0 Å². The minimum Gasteiger partial charge on any atom is -0.462 e. The number of nitriles is 1. The molecule has 2 aromatic carbocycles. The highest BCUT2D eigenvalue weighted by Crippen LogP contribution is 2.25. The lowest BCUT2D eigenvalue weighted by Crippen LogP contribution is -2.05. The SMILES string of the molecule is CCOC(=O)/C(C#N)=C\c1cn(Cc2ccc(Br)cc2)c2ccccc12. The van der Waals surface area contributed by atoms with Gasteiger partial charge in [-0.05, 0) is 36.8 Å². The average molecular weight is 409 g/mol. The molecule has 0 radical (unpaired) electrons. The van der Waals surface area contributed by atoms with Crippen LogP contribution in [0.2, 0.25) is 0 Å². The van der Waals surface area contributed by atoms with Gasteiger partial charge in [0, 0.05) is 33.7 Å². The lowest BCUT2D eigenvalue weighted by atomic mass is 10.1. The predicted octanol–water partition coefficient (Wildman–Crippen LogP) is 4.92. The fraction of sp³-hybridized carbons (Fsp3) is 0.143. The highest BCUT2D eigenvalue weighted by molar-refractivity contribution is 9.10. The molecule has 0 aliphatic carbocycles. The Kier molecular flexibility index (Phi) is 5.55. The van der Waals surface area contributed by atoms with E-state index >= 15 is 0 Å². The summed E-state index contributed by atoms with van der Waals surface area (Å²) in [4.78, 5) is 11.9. The van der Waals surface area contributed by atoms with Crippen LogP contribution in [-0.2, 0) is 16.1 Å². The fourth-order valence-electron chi connectivity index (χ4n) is 2.81. The van der Waals surface area contributed by atoms with Crippen LogP contribution in [0.5, 0.6) is 0 Å². The predicted molar refractivity (Wildman–Crippen MR) is 105 cm³/mol. The first-order valence-electron chi connectivity index (χ1n) is 8.23. The average Bonchev–Trinajstić information content (AvgIpc) is 2.99. The van der Waals surface area contributed by atoms with E-state index in [1.165, 1.54) is 0 Å². The Morgan fingerprint density at radius 1 is 1.23 bits per heavy atom. The number of rotatable bonds is 5. The molecule has 130 valence electrons. The maximum atomic E-state index is 11.9. The minimum atomic E-state index is -0.597. The summed E-state index contributed by atoms with van der Waals surface area (Å²) in [6, 6.07) is 18.0. The summed E-state index contributed by atoms with van der Waals surface area (Å²) >= 11 is 3.45. The molecule has 3 rings (SSSR count). The summed E-state index contributed by atoms with van der Waals surface area (Å²) in [5.41, 5.74) is 3.03. The van der Waals surface area contributed by atoms with E-state index in [9.17, 15) is 10.1 Å². The number of esters is 1. The Morgan fingerprint density at radius 3 is 2.65 bits per heavy atom. The van der Waals surface area contributed by atoms with Gasteiger partial charge in [0.1, 0.15) is 11.6 Å². The topological polar surface area (TPSA) is 55.0 Å². The lowest BCUT2D eigenvalue weighted by Gasteiger charge is -2.05. The number of hydrogen-bond donors (Lipinski definition) is 0. The Morgan fingerprint density at radius 2 is 1.96 bits per heavy atom. The van der Waals surface area contributed by atoms with Gasteiger partial charge in [0.2, 0.25) is 0 Å². The van der Waals surface area contributed by atoms with Crippen molar-refractivity contribution in [3.05, 3.63) is 75.9 Å². The monoisotopic (exact) mass is 408 g/mol. The summed E-state index contributed by atoms with van der Waals surface area (Å²) < 4.78 is 8.10. The summed E-state index contributed by atoms with van der Waals surface area (Å²) in [7, 11) is 0. The van der Waals surface area contributed by atoms with E-state index in [1.807, 2.05) is 48.7 Å². The van der Waals surface area contributed by atoms with Crippen molar-refractivity contribution < 1.29 is 9.53 Å². The summed E-state index contributed by atoms with van der Waals surface area (Å²) in [5, 5.41) is 10.3. The molecule has 0 aliphatic heterocycles. The number of halogens is 1. The van der Waals surface area contributed by atoms with E-state index in [1.54, 1.807) is 13.0 Å². The van der Waals surface area contributed by atoms with Crippen molar-refractivity contribution in [3.8, 4) is 6.07 Å². The maximum absolute atomic E-state index is 11.9. The summed E-state index contributed by atoms with van der Waals surface area (Å²) in [6.07, 6.45) is 3.56. The number of fused-ring (bicyclic) bond motifs is 1. The standard InChI is InChI=1S/C21H17BrN2O2/c1-2-26-21(25)16(12-23)11-17-14-24(20-6-4-3-5-19(17)20)13-15-7-9-18(22)10-8-15/h3-11,14H,2,13H2,1H3/b16-11-. The van der Waals surface area contributed by atoms with Crippen LogP contribution in [0.1, 0.15) is 18.1 Å². The third kappa shape index (κ3) is 3.87. The number of benzene rings is 2. The van der Waals surface area contributed by atoms with Gasteiger partial charge in [-0.2, -0.15) is 5.26 Å². The second-order valence-electron chi connectivity index (χ2n) is 5.75. The van der Waals surface area contributed by atoms with Gasteiger partial charge in [0.15, 0.2) is 0 Å². The second kappa shape index (κ2) is 8.03. The molecule has 0 unspecified atom stereocenters. The largest absolute Gasteiger partial charge is 0.462 e. The van der Waals surface area contributed by atoms with Crippen molar-refractivity contribution in [2.24, 2.45) is 0 Å². The zero-order valence-electron chi connectivity index (χ0n) is 14.3. The summed E-state index contributed by atoms with van der Waals surface area (Å²) in [5.74, 6) is -0.597. The molecule has 3 aromatic rings. The van der Waals surface area contributed by atoms with Gasteiger partial charge >= 0.3 is 5.97 Å². The molecular formula is C21H17BrN2O2. The van der Waals surface area contributed by atoms with E-state index in [2.05, 4.69) is 32.6 Å². The van der Waals surface area contributed by atoms with E-state index in [0.29, 0.717) is 6.54 Å². The normalized spacial score (nSPS) is 11.3. The number of ether oxygens (including phenoxy) is 1. The molecule has 1 aromatic heterocycles. The van der Waals surface area contributed by atoms with Crippen molar-refractivity contribution in [1.82, 2.24) is 4.57 Å². The highest BCUT2D eigenvalue weighted by atomic mass is 79.9. The number of aromatic nitrogens is 1. The van der Waals surface area contributed by atoms with Crippen LogP contribution >= 0.6 is 15.9 Å². The summed E-state index contributed by atoms with van der Waals surface area (Å²) in [6.45, 7) is 2.66. The van der Waals surface area contributed by atoms with Crippen molar-refractivity contribution >= 4 is 38.9 Å². The van der Waals surface area contributed by atoms with Crippen molar-refractivity contribution in [2.75, 3.05) is 6.61 Å². The quantitative estimate of drug-likeness (QED) is 0.341. The van der Waals surface area contributed by atoms with Crippen LogP contribution in [0, 0.1) is 11.3 Å². The molecule has 0 N–H and O–H groups in total. The van der Waals surface area contributed by atoms with Crippen LogP contribution in [0.4, 0.5) is 0 Å². The van der Waals surface area contributed by atoms with Gasteiger partial charge in [-0.15, -0.1) is 0 Å². The lowest BCUT2D eigenvalue weighted by molar-refractivity contribution is -0.137. The molecule has 0 aliphatic rings. The number of carbonyl (C=O) groups excluding carboxylic acids is 1. The molecule has 0 bridgehead atoms. The zero-order chi connectivity index (χ0) is 18.5. The number of para-hydroxylation sites is 1. The van der Waals surface area contributed by atoms with E-state index in [-0.39, 0.29) is 12.2 Å². The Balaban J connectivity index is 2.03. The first kappa shape index (κ1) is 18.0. The first-order chi connectivity index (χ1) is 12.6. The molecule has 0 saturated carbocycles. The van der Waals surface area contributed by atoms with Gasteiger partial charge in [0.05, 0.1) is 6.61 Å². The van der Waals surface area contributed by atoms with Gasteiger partial charge in [0.25, 0.3) is 0 Å². The number of carbonyl (C=O) groups is 1. The molecule has 0 atom stereocenters. The second-order valence-corrected chi connectivity index (χ2v) is 6.66. The Bertz CT molecular complexity index is 1010. The zero-order valence-corrected chi connectivity index (χ0v) is 15.9. The molecular weight excluding hydrogens is 392 g/mol. The van der Waals surface area contributed by atoms with Gasteiger partial charge in [-0.25, -0.2) is 4.79 Å². The van der Waals surface area contributed by atoms with Crippen LogP contribution in [0.15, 0.2) is 64.8 Å². The van der Waals surface area contributed by atoms with E-state index in [4.69, 9.17) is 4.74 Å². The molecule has 26 heavy (non-hydrogen) atoms. The first-order valence-corrected chi connectivity index (χ1v) is 9.03. The number of nitrogens with zero attached hydrogens (tertiary/aromatic N) is 2. The highest BCUT2D eigenvalue weighted by Gasteiger charge is 2.13.